The van der Waals surface area contributed by atoms with Crippen LogP contribution in [0.4, 0.5) is 5.82 Å². The van der Waals surface area contributed by atoms with Crippen LogP contribution in [0.5, 0.6) is 5.88 Å². The molecule has 0 saturated carbocycles. The number of ether oxygens (including phenoxy) is 2. The van der Waals surface area contributed by atoms with E-state index < -0.39 is 12.1 Å². The van der Waals surface area contributed by atoms with Crippen molar-refractivity contribution in [2.24, 2.45) is 0 Å². The van der Waals surface area contributed by atoms with Crippen LogP contribution in [0.15, 0.2) is 42.5 Å². The Morgan fingerprint density at radius 1 is 1.23 bits per heavy atom. The standard InChI is InChI=1S/C16H18N2O4/c1-21-15-12(16(20)22-2)8-9-14(18-15)17-10-13(19)11-6-4-3-5-7-11/h3-9,13,19H,10H2,1-2H3,(H,17,18). The molecule has 22 heavy (non-hydrogen) atoms. The number of hydrogen-bond acceptors (Lipinski definition) is 6. The zero-order valence-corrected chi connectivity index (χ0v) is 12.4. The zero-order chi connectivity index (χ0) is 15.9. The average molecular weight is 302 g/mol. The van der Waals surface area contributed by atoms with Crippen LogP contribution in [0.2, 0.25) is 0 Å². The highest BCUT2D eigenvalue weighted by Crippen LogP contribution is 2.20. The Hall–Kier alpha value is -2.60. The Bertz CT molecular complexity index is 631. The van der Waals surface area contributed by atoms with E-state index in [1.165, 1.54) is 14.2 Å². The fourth-order valence-electron chi connectivity index (χ4n) is 1.95. The van der Waals surface area contributed by atoms with Crippen molar-refractivity contribution in [3.05, 3.63) is 53.6 Å². The lowest BCUT2D eigenvalue weighted by Gasteiger charge is -2.14. The predicted molar refractivity (Wildman–Crippen MR) is 82.0 cm³/mol. The molecular weight excluding hydrogens is 284 g/mol. The van der Waals surface area contributed by atoms with Crippen molar-refractivity contribution < 1.29 is 19.4 Å². The molecule has 0 aliphatic rings. The van der Waals surface area contributed by atoms with Crippen molar-refractivity contribution >= 4 is 11.8 Å². The van der Waals surface area contributed by atoms with E-state index in [1.54, 1.807) is 12.1 Å². The highest BCUT2D eigenvalue weighted by Gasteiger charge is 2.15. The van der Waals surface area contributed by atoms with E-state index in [4.69, 9.17) is 4.74 Å². The number of aromatic nitrogens is 1. The number of carbonyl (C=O) groups is 1. The van der Waals surface area contributed by atoms with E-state index in [0.717, 1.165) is 5.56 Å². The molecular formula is C16H18N2O4. The van der Waals surface area contributed by atoms with Gasteiger partial charge in [-0.2, -0.15) is 4.98 Å². The number of aliphatic hydroxyl groups is 1. The topological polar surface area (TPSA) is 80.7 Å². The zero-order valence-electron chi connectivity index (χ0n) is 12.4. The van der Waals surface area contributed by atoms with Crippen LogP contribution in [-0.4, -0.2) is 36.8 Å². The number of rotatable bonds is 6. The van der Waals surface area contributed by atoms with Gasteiger partial charge in [0.1, 0.15) is 11.4 Å². The molecule has 2 rings (SSSR count). The third kappa shape index (κ3) is 3.73. The van der Waals surface area contributed by atoms with Gasteiger partial charge in [0.2, 0.25) is 5.88 Å². The molecule has 0 aliphatic heterocycles. The highest BCUT2D eigenvalue weighted by atomic mass is 16.5. The number of benzene rings is 1. The second-order valence-electron chi connectivity index (χ2n) is 4.55. The van der Waals surface area contributed by atoms with Crippen LogP contribution in [0.25, 0.3) is 0 Å². The molecule has 1 heterocycles. The minimum Gasteiger partial charge on any atom is -0.480 e. The summed E-state index contributed by atoms with van der Waals surface area (Å²) in [7, 11) is 2.72. The molecule has 1 aromatic heterocycles. The van der Waals surface area contributed by atoms with Crippen LogP contribution in [0.1, 0.15) is 22.0 Å². The van der Waals surface area contributed by atoms with E-state index in [9.17, 15) is 9.90 Å². The Morgan fingerprint density at radius 2 is 1.95 bits per heavy atom. The molecule has 0 bridgehead atoms. The second kappa shape index (κ2) is 7.42. The molecule has 6 nitrogen and oxygen atoms in total. The second-order valence-corrected chi connectivity index (χ2v) is 4.55. The molecule has 116 valence electrons. The van der Waals surface area contributed by atoms with E-state index in [1.807, 2.05) is 30.3 Å². The Labute approximate surface area is 128 Å². The Kier molecular flexibility index (Phi) is 5.32. The molecule has 0 radical (unpaired) electrons. The largest absolute Gasteiger partial charge is 0.480 e. The van der Waals surface area contributed by atoms with Crippen LogP contribution in [-0.2, 0) is 4.74 Å². The first kappa shape index (κ1) is 15.8. The van der Waals surface area contributed by atoms with Gasteiger partial charge in [0.15, 0.2) is 0 Å². The molecule has 2 N–H and O–H groups in total. The third-order valence-corrected chi connectivity index (χ3v) is 3.12. The summed E-state index contributed by atoms with van der Waals surface area (Å²) in [6.07, 6.45) is -0.658. The fourth-order valence-corrected chi connectivity index (χ4v) is 1.95. The number of hydrogen-bond donors (Lipinski definition) is 2. The Balaban J connectivity index is 2.06. The maximum Gasteiger partial charge on any atom is 0.343 e. The summed E-state index contributed by atoms with van der Waals surface area (Å²) in [5.41, 5.74) is 1.06. The van der Waals surface area contributed by atoms with Crippen LogP contribution in [0, 0.1) is 0 Å². The van der Waals surface area contributed by atoms with Crippen LogP contribution >= 0.6 is 0 Å². The minimum atomic E-state index is -0.658. The number of methoxy groups -OCH3 is 2. The molecule has 0 aliphatic carbocycles. The molecule has 1 unspecified atom stereocenters. The first-order valence-electron chi connectivity index (χ1n) is 6.76. The summed E-state index contributed by atoms with van der Waals surface area (Å²) < 4.78 is 9.74. The number of carbonyl (C=O) groups excluding carboxylic acids is 1. The normalized spacial score (nSPS) is 11.6. The lowest BCUT2D eigenvalue weighted by molar-refractivity contribution is 0.0596. The van der Waals surface area contributed by atoms with Crippen molar-refractivity contribution in [1.29, 1.82) is 0 Å². The molecule has 0 saturated heterocycles. The van der Waals surface area contributed by atoms with E-state index in [-0.39, 0.29) is 18.0 Å². The summed E-state index contributed by atoms with van der Waals surface area (Å²) in [5, 5.41) is 13.1. The van der Waals surface area contributed by atoms with Gasteiger partial charge in [-0.1, -0.05) is 30.3 Å². The van der Waals surface area contributed by atoms with Gasteiger partial charge in [-0.3, -0.25) is 0 Å². The Morgan fingerprint density at radius 3 is 2.59 bits per heavy atom. The number of nitrogens with zero attached hydrogens (tertiary/aromatic N) is 1. The first-order chi connectivity index (χ1) is 10.7. The summed E-state index contributed by atoms with van der Waals surface area (Å²) in [5.74, 6) is 0.158. The number of pyridine rings is 1. The van der Waals surface area contributed by atoms with Crippen molar-refractivity contribution in [3.63, 3.8) is 0 Å². The van der Waals surface area contributed by atoms with Gasteiger partial charge in [0.25, 0.3) is 0 Å². The van der Waals surface area contributed by atoms with E-state index in [2.05, 4.69) is 15.0 Å². The van der Waals surface area contributed by atoms with Gasteiger partial charge in [-0.15, -0.1) is 0 Å². The molecule has 1 aromatic carbocycles. The third-order valence-electron chi connectivity index (χ3n) is 3.12. The number of aliphatic hydroxyl groups excluding tert-OH is 1. The highest BCUT2D eigenvalue weighted by molar-refractivity contribution is 5.92. The number of esters is 1. The lowest BCUT2D eigenvalue weighted by atomic mass is 10.1. The average Bonchev–Trinajstić information content (AvgIpc) is 2.59. The summed E-state index contributed by atoms with van der Waals surface area (Å²) in [4.78, 5) is 15.7. The van der Waals surface area contributed by atoms with Crippen molar-refractivity contribution in [2.75, 3.05) is 26.1 Å². The maximum atomic E-state index is 11.6. The van der Waals surface area contributed by atoms with Crippen molar-refractivity contribution in [3.8, 4) is 5.88 Å². The summed E-state index contributed by atoms with van der Waals surface area (Å²) in [6.45, 7) is 0.289. The molecule has 1 atom stereocenters. The van der Waals surface area contributed by atoms with Crippen LogP contribution in [0.3, 0.4) is 0 Å². The van der Waals surface area contributed by atoms with Gasteiger partial charge >= 0.3 is 5.97 Å². The SMILES string of the molecule is COC(=O)c1ccc(NCC(O)c2ccccc2)nc1OC. The predicted octanol–water partition coefficient (Wildman–Crippen LogP) is 2.02. The van der Waals surface area contributed by atoms with Crippen molar-refractivity contribution in [1.82, 2.24) is 4.98 Å². The number of nitrogens with one attached hydrogen (secondary N) is 1. The van der Waals surface area contributed by atoms with Crippen molar-refractivity contribution in [2.45, 2.75) is 6.10 Å². The lowest BCUT2D eigenvalue weighted by Crippen LogP contribution is -2.14. The molecule has 2 aromatic rings. The van der Waals surface area contributed by atoms with E-state index in [0.29, 0.717) is 5.82 Å². The monoisotopic (exact) mass is 302 g/mol. The van der Waals surface area contributed by atoms with Crippen LogP contribution < -0.4 is 10.1 Å². The van der Waals surface area contributed by atoms with Gasteiger partial charge < -0.3 is 19.9 Å². The molecule has 6 heteroatoms. The molecule has 0 spiro atoms. The molecule has 0 fully saturated rings. The first-order valence-corrected chi connectivity index (χ1v) is 6.76. The quantitative estimate of drug-likeness (QED) is 0.795. The maximum absolute atomic E-state index is 11.6. The smallest absolute Gasteiger partial charge is 0.343 e. The van der Waals surface area contributed by atoms with Gasteiger partial charge in [0.05, 0.1) is 20.3 Å². The molecule has 0 amide bonds. The summed E-state index contributed by atoms with van der Waals surface area (Å²) >= 11 is 0. The van der Waals surface area contributed by atoms with Gasteiger partial charge in [0, 0.05) is 6.54 Å². The summed E-state index contributed by atoms with van der Waals surface area (Å²) in [6, 6.07) is 12.5. The number of anilines is 1. The minimum absolute atomic E-state index is 0.172. The van der Waals surface area contributed by atoms with Gasteiger partial charge in [-0.05, 0) is 17.7 Å². The fraction of sp³-hybridized carbons (Fsp3) is 0.250. The van der Waals surface area contributed by atoms with E-state index >= 15 is 0 Å². The van der Waals surface area contributed by atoms with Gasteiger partial charge in [-0.25, -0.2) is 4.79 Å².